The molecule has 0 fully saturated rings. The van der Waals surface area contributed by atoms with Crippen molar-refractivity contribution in [1.82, 2.24) is 0 Å². The summed E-state index contributed by atoms with van der Waals surface area (Å²) in [5.74, 6) is 0.459. The monoisotopic (exact) mass is 241 g/mol. The number of hydrogen-bond acceptors (Lipinski definition) is 1. The van der Waals surface area contributed by atoms with Gasteiger partial charge in [-0.1, -0.05) is 38.5 Å². The molecule has 0 aliphatic heterocycles. The molecule has 0 saturated heterocycles. The normalized spacial score (nSPS) is 11.4. The van der Waals surface area contributed by atoms with Gasteiger partial charge >= 0.3 is 0 Å². The molecule has 0 unspecified atom stereocenters. The van der Waals surface area contributed by atoms with Crippen molar-refractivity contribution in [3.05, 3.63) is 40.5 Å². The maximum Gasteiger partial charge on any atom is 0.0385 e. The molecule has 2 N–H and O–H groups in total. The number of rotatable bonds is 2. The summed E-state index contributed by atoms with van der Waals surface area (Å²) in [7, 11) is 0. The van der Waals surface area contributed by atoms with E-state index in [-0.39, 0.29) is 0 Å². The molecule has 2 aromatic carbocycles. The number of nitrogens with two attached hydrogens (primary N) is 1. The average Bonchev–Trinajstić information content (AvgIpc) is 2.29. The molecule has 0 aromatic heterocycles. The van der Waals surface area contributed by atoms with E-state index in [1.165, 1.54) is 33.0 Å². The summed E-state index contributed by atoms with van der Waals surface area (Å²) in [5, 5.41) is 2.71. The second-order valence-electron chi connectivity index (χ2n) is 5.55. The van der Waals surface area contributed by atoms with Crippen molar-refractivity contribution >= 4 is 16.5 Å². The van der Waals surface area contributed by atoms with Crippen molar-refractivity contribution in [3.63, 3.8) is 0 Å². The molecule has 96 valence electrons. The van der Waals surface area contributed by atoms with Gasteiger partial charge in [0.1, 0.15) is 0 Å². The standard InChI is InChI=1S/C17H23N/c1-6-13-7-11(4)8-14-9-12(5)17(18)15(10(2)3)16(13)14/h7-10H,6,18H2,1-5H3. The minimum Gasteiger partial charge on any atom is -0.398 e. The van der Waals surface area contributed by atoms with Crippen LogP contribution < -0.4 is 5.73 Å². The van der Waals surface area contributed by atoms with Crippen LogP contribution >= 0.6 is 0 Å². The third kappa shape index (κ3) is 1.98. The summed E-state index contributed by atoms with van der Waals surface area (Å²) >= 11 is 0. The van der Waals surface area contributed by atoms with Crippen LogP contribution in [0, 0.1) is 13.8 Å². The van der Waals surface area contributed by atoms with Crippen molar-refractivity contribution in [3.8, 4) is 0 Å². The summed E-state index contributed by atoms with van der Waals surface area (Å²) in [6.07, 6.45) is 1.06. The molecule has 0 heterocycles. The van der Waals surface area contributed by atoms with Crippen molar-refractivity contribution in [2.75, 3.05) is 5.73 Å². The van der Waals surface area contributed by atoms with Crippen LogP contribution in [0.5, 0.6) is 0 Å². The minimum atomic E-state index is 0.459. The molecular formula is C17H23N. The van der Waals surface area contributed by atoms with Crippen LogP contribution in [0.4, 0.5) is 5.69 Å². The van der Waals surface area contributed by atoms with E-state index < -0.39 is 0 Å². The van der Waals surface area contributed by atoms with Crippen LogP contribution in [0.3, 0.4) is 0 Å². The molecule has 0 radical (unpaired) electrons. The zero-order valence-electron chi connectivity index (χ0n) is 12.1. The van der Waals surface area contributed by atoms with E-state index in [1.807, 2.05) is 0 Å². The van der Waals surface area contributed by atoms with Crippen molar-refractivity contribution in [2.45, 2.75) is 47.0 Å². The fraction of sp³-hybridized carbons (Fsp3) is 0.412. The minimum absolute atomic E-state index is 0.459. The van der Waals surface area contributed by atoms with Crippen LogP contribution in [0.15, 0.2) is 18.2 Å². The van der Waals surface area contributed by atoms with Gasteiger partial charge < -0.3 is 5.73 Å². The van der Waals surface area contributed by atoms with Crippen molar-refractivity contribution in [1.29, 1.82) is 0 Å². The number of benzene rings is 2. The Labute approximate surface area is 110 Å². The highest BCUT2D eigenvalue weighted by Gasteiger charge is 2.14. The Morgan fingerprint density at radius 1 is 1.11 bits per heavy atom. The predicted octanol–water partition coefficient (Wildman–Crippen LogP) is 4.72. The number of fused-ring (bicyclic) bond motifs is 1. The lowest BCUT2D eigenvalue weighted by atomic mass is 9.87. The van der Waals surface area contributed by atoms with Gasteiger partial charge in [0.05, 0.1) is 0 Å². The Bertz CT molecular complexity index is 594. The maximum atomic E-state index is 6.31. The first-order valence-electron chi connectivity index (χ1n) is 6.77. The van der Waals surface area contributed by atoms with Crippen LogP contribution in [-0.2, 0) is 6.42 Å². The van der Waals surface area contributed by atoms with Gasteiger partial charge in [-0.15, -0.1) is 0 Å². The quantitative estimate of drug-likeness (QED) is 0.756. The topological polar surface area (TPSA) is 26.0 Å². The van der Waals surface area contributed by atoms with Gasteiger partial charge in [0.15, 0.2) is 0 Å². The molecule has 0 atom stereocenters. The van der Waals surface area contributed by atoms with Gasteiger partial charge in [-0.25, -0.2) is 0 Å². The first-order chi connectivity index (χ1) is 8.45. The SMILES string of the molecule is CCc1cc(C)cc2cc(C)c(N)c(C(C)C)c12. The second-order valence-corrected chi connectivity index (χ2v) is 5.55. The van der Waals surface area contributed by atoms with E-state index in [4.69, 9.17) is 5.73 Å². The Morgan fingerprint density at radius 2 is 1.78 bits per heavy atom. The first kappa shape index (κ1) is 12.9. The Kier molecular flexibility index (Phi) is 3.34. The van der Waals surface area contributed by atoms with E-state index in [9.17, 15) is 0 Å². The van der Waals surface area contributed by atoms with Crippen LogP contribution in [0.1, 0.15) is 48.9 Å². The zero-order valence-corrected chi connectivity index (χ0v) is 12.1. The van der Waals surface area contributed by atoms with E-state index in [2.05, 4.69) is 52.8 Å². The van der Waals surface area contributed by atoms with Gasteiger partial charge in [0.2, 0.25) is 0 Å². The first-order valence-corrected chi connectivity index (χ1v) is 6.77. The van der Waals surface area contributed by atoms with Crippen LogP contribution in [-0.4, -0.2) is 0 Å². The third-order valence-corrected chi connectivity index (χ3v) is 3.71. The van der Waals surface area contributed by atoms with Crippen molar-refractivity contribution in [2.24, 2.45) is 0 Å². The summed E-state index contributed by atoms with van der Waals surface area (Å²) in [6.45, 7) is 10.9. The van der Waals surface area contributed by atoms with Gasteiger partial charge in [-0.05, 0) is 59.7 Å². The highest BCUT2D eigenvalue weighted by atomic mass is 14.6. The number of hydrogen-bond donors (Lipinski definition) is 1. The molecule has 1 nitrogen and oxygen atoms in total. The van der Waals surface area contributed by atoms with Crippen LogP contribution in [0.25, 0.3) is 10.8 Å². The second kappa shape index (κ2) is 4.64. The number of aryl methyl sites for hydroxylation is 3. The molecule has 1 heteroatoms. The largest absolute Gasteiger partial charge is 0.398 e. The molecule has 2 aromatic rings. The fourth-order valence-electron chi connectivity index (χ4n) is 2.87. The lowest BCUT2D eigenvalue weighted by Gasteiger charge is -2.19. The Morgan fingerprint density at radius 3 is 2.33 bits per heavy atom. The summed E-state index contributed by atoms with van der Waals surface area (Å²) in [6, 6.07) is 6.79. The summed E-state index contributed by atoms with van der Waals surface area (Å²) in [5.41, 5.74) is 12.5. The van der Waals surface area contributed by atoms with Gasteiger partial charge in [0, 0.05) is 5.69 Å². The molecule has 0 bridgehead atoms. The van der Waals surface area contributed by atoms with Gasteiger partial charge in [-0.3, -0.25) is 0 Å². The zero-order chi connectivity index (χ0) is 13.4. The highest BCUT2D eigenvalue weighted by Crippen LogP contribution is 2.36. The Balaban J connectivity index is 2.98. The molecule has 0 spiro atoms. The van der Waals surface area contributed by atoms with Gasteiger partial charge in [0.25, 0.3) is 0 Å². The molecule has 0 amide bonds. The molecule has 2 rings (SSSR count). The smallest absolute Gasteiger partial charge is 0.0385 e. The number of anilines is 1. The lowest BCUT2D eigenvalue weighted by Crippen LogP contribution is -2.03. The van der Waals surface area contributed by atoms with Gasteiger partial charge in [-0.2, -0.15) is 0 Å². The van der Waals surface area contributed by atoms with E-state index >= 15 is 0 Å². The summed E-state index contributed by atoms with van der Waals surface area (Å²) in [4.78, 5) is 0. The lowest BCUT2D eigenvalue weighted by molar-refractivity contribution is 0.876. The Hall–Kier alpha value is -1.50. The summed E-state index contributed by atoms with van der Waals surface area (Å²) < 4.78 is 0. The predicted molar refractivity (Wildman–Crippen MR) is 81.3 cm³/mol. The fourth-order valence-corrected chi connectivity index (χ4v) is 2.87. The molecule has 18 heavy (non-hydrogen) atoms. The van der Waals surface area contributed by atoms with E-state index in [0.29, 0.717) is 5.92 Å². The molecule has 0 aliphatic carbocycles. The average molecular weight is 241 g/mol. The van der Waals surface area contributed by atoms with Crippen LogP contribution in [0.2, 0.25) is 0 Å². The molecule has 0 aliphatic rings. The van der Waals surface area contributed by atoms with Crippen molar-refractivity contribution < 1.29 is 0 Å². The third-order valence-electron chi connectivity index (χ3n) is 3.71. The van der Waals surface area contributed by atoms with E-state index in [1.54, 1.807) is 0 Å². The molecular weight excluding hydrogens is 218 g/mol. The van der Waals surface area contributed by atoms with E-state index in [0.717, 1.165) is 12.1 Å². The maximum absolute atomic E-state index is 6.31. The molecule has 0 saturated carbocycles. The highest BCUT2D eigenvalue weighted by molar-refractivity contribution is 5.94. The number of nitrogen functional groups attached to an aromatic ring is 1.